The summed E-state index contributed by atoms with van der Waals surface area (Å²) >= 11 is 0. The average Bonchev–Trinajstić information content (AvgIpc) is 2.44. The molecule has 0 fully saturated rings. The number of carbonyl (C=O) groups is 2. The predicted molar refractivity (Wildman–Crippen MR) is 86.6 cm³/mol. The maximum Gasteiger partial charge on any atom is 0.335 e. The summed E-state index contributed by atoms with van der Waals surface area (Å²) in [4.78, 5) is 22.3. The molecule has 1 amide bonds. The Morgan fingerprint density at radius 1 is 1.27 bits per heavy atom. The number of carboxylic acid groups (broad SMARTS) is 1. The van der Waals surface area contributed by atoms with E-state index in [1.54, 1.807) is 6.07 Å². The Labute approximate surface area is 131 Å². The van der Waals surface area contributed by atoms with Gasteiger partial charge in [0.2, 0.25) is 5.91 Å². The van der Waals surface area contributed by atoms with E-state index < -0.39 is 5.97 Å². The van der Waals surface area contributed by atoms with Gasteiger partial charge in [0.1, 0.15) is 5.75 Å². The number of benzene rings is 1. The lowest BCUT2D eigenvalue weighted by molar-refractivity contribution is -0.114. The minimum atomic E-state index is -1.04. The van der Waals surface area contributed by atoms with Crippen molar-refractivity contribution in [2.24, 2.45) is 0 Å². The first kappa shape index (κ1) is 18.0. The molecule has 1 aromatic rings. The summed E-state index contributed by atoms with van der Waals surface area (Å²) in [6.45, 7) is 5.53. The fourth-order valence-electron chi connectivity index (χ4n) is 2.19. The van der Waals surface area contributed by atoms with Crippen molar-refractivity contribution in [1.82, 2.24) is 0 Å². The van der Waals surface area contributed by atoms with E-state index in [4.69, 9.17) is 9.84 Å². The van der Waals surface area contributed by atoms with Gasteiger partial charge >= 0.3 is 5.97 Å². The number of hydrogen-bond donors (Lipinski definition) is 2. The van der Waals surface area contributed by atoms with Gasteiger partial charge in [-0.05, 0) is 38.0 Å². The molecule has 0 aliphatic carbocycles. The van der Waals surface area contributed by atoms with Crippen LogP contribution in [0.3, 0.4) is 0 Å². The fraction of sp³-hybridized carbons (Fsp3) is 0.529. The highest BCUT2D eigenvalue weighted by atomic mass is 16.5. The van der Waals surface area contributed by atoms with E-state index in [1.807, 2.05) is 6.92 Å². The zero-order valence-corrected chi connectivity index (χ0v) is 13.5. The van der Waals surface area contributed by atoms with Gasteiger partial charge in [-0.15, -0.1) is 0 Å². The van der Waals surface area contributed by atoms with Gasteiger partial charge in [0.25, 0.3) is 0 Å². The van der Waals surface area contributed by atoms with Crippen LogP contribution in [0.25, 0.3) is 0 Å². The first-order chi connectivity index (χ1) is 10.4. The second-order valence-electron chi connectivity index (χ2n) is 5.48. The summed E-state index contributed by atoms with van der Waals surface area (Å²) in [6, 6.07) is 4.49. The normalized spacial score (nSPS) is 11.8. The first-order valence-corrected chi connectivity index (χ1v) is 7.75. The maximum atomic E-state index is 11.3. The Balaban J connectivity index is 2.75. The fourth-order valence-corrected chi connectivity index (χ4v) is 2.19. The van der Waals surface area contributed by atoms with Crippen LogP contribution < -0.4 is 10.1 Å². The van der Waals surface area contributed by atoms with E-state index in [2.05, 4.69) is 12.2 Å². The number of carboxylic acids is 1. The molecule has 0 saturated carbocycles. The van der Waals surface area contributed by atoms with E-state index in [0.717, 1.165) is 12.8 Å². The molecule has 0 saturated heterocycles. The van der Waals surface area contributed by atoms with Gasteiger partial charge in [0.15, 0.2) is 0 Å². The molecule has 1 unspecified atom stereocenters. The first-order valence-electron chi connectivity index (χ1n) is 7.75. The minimum Gasteiger partial charge on any atom is -0.489 e. The van der Waals surface area contributed by atoms with Crippen molar-refractivity contribution in [3.05, 3.63) is 23.8 Å². The zero-order valence-electron chi connectivity index (χ0n) is 13.5. The smallest absolute Gasteiger partial charge is 0.335 e. The number of amides is 1. The van der Waals surface area contributed by atoms with Crippen molar-refractivity contribution in [2.45, 2.75) is 59.0 Å². The molecule has 0 aliphatic heterocycles. The van der Waals surface area contributed by atoms with Crippen LogP contribution in [0.5, 0.6) is 5.75 Å². The van der Waals surface area contributed by atoms with Crippen LogP contribution in [0.1, 0.15) is 63.2 Å². The molecule has 2 N–H and O–H groups in total. The highest BCUT2D eigenvalue weighted by molar-refractivity contribution is 5.94. The van der Waals surface area contributed by atoms with Gasteiger partial charge in [-0.1, -0.05) is 26.2 Å². The molecule has 0 bridgehead atoms. The van der Waals surface area contributed by atoms with Crippen molar-refractivity contribution in [3.8, 4) is 5.75 Å². The second-order valence-corrected chi connectivity index (χ2v) is 5.48. The van der Waals surface area contributed by atoms with Crippen LogP contribution in [-0.2, 0) is 4.79 Å². The van der Waals surface area contributed by atoms with Crippen LogP contribution in [-0.4, -0.2) is 23.1 Å². The number of nitrogens with one attached hydrogen (secondary N) is 1. The molecular weight excluding hydrogens is 282 g/mol. The maximum absolute atomic E-state index is 11.3. The summed E-state index contributed by atoms with van der Waals surface area (Å²) < 4.78 is 5.85. The van der Waals surface area contributed by atoms with Gasteiger partial charge in [-0.2, -0.15) is 0 Å². The van der Waals surface area contributed by atoms with Gasteiger partial charge in [-0.3, -0.25) is 4.79 Å². The molecular formula is C17H25NO4. The van der Waals surface area contributed by atoms with Gasteiger partial charge < -0.3 is 15.2 Å². The SMILES string of the molecule is CCCCCCC(C)Oc1ccc(C(=O)O)cc1NC(C)=O. The quantitative estimate of drug-likeness (QED) is 0.674. The summed E-state index contributed by atoms with van der Waals surface area (Å²) in [7, 11) is 0. The lowest BCUT2D eigenvalue weighted by Crippen LogP contribution is -2.15. The van der Waals surface area contributed by atoms with E-state index >= 15 is 0 Å². The molecule has 0 heterocycles. The summed E-state index contributed by atoms with van der Waals surface area (Å²) in [5, 5.41) is 11.7. The van der Waals surface area contributed by atoms with Crippen molar-refractivity contribution >= 4 is 17.6 Å². The Bertz CT molecular complexity index is 513. The Morgan fingerprint density at radius 3 is 2.59 bits per heavy atom. The Morgan fingerprint density at radius 2 is 2.00 bits per heavy atom. The third-order valence-corrected chi connectivity index (χ3v) is 3.33. The highest BCUT2D eigenvalue weighted by Gasteiger charge is 2.13. The standard InChI is InChI=1S/C17H25NO4/c1-4-5-6-7-8-12(2)22-16-10-9-14(17(20)21)11-15(16)18-13(3)19/h9-12H,4-8H2,1-3H3,(H,18,19)(H,20,21). The van der Waals surface area contributed by atoms with Gasteiger partial charge in [-0.25, -0.2) is 4.79 Å². The third-order valence-electron chi connectivity index (χ3n) is 3.33. The lowest BCUT2D eigenvalue weighted by Gasteiger charge is -2.18. The number of carbonyl (C=O) groups excluding carboxylic acids is 1. The molecule has 22 heavy (non-hydrogen) atoms. The van der Waals surface area contributed by atoms with Crippen molar-refractivity contribution in [3.63, 3.8) is 0 Å². The monoisotopic (exact) mass is 307 g/mol. The molecule has 0 radical (unpaired) electrons. The van der Waals surface area contributed by atoms with Crippen LogP contribution >= 0.6 is 0 Å². The summed E-state index contributed by atoms with van der Waals surface area (Å²) in [6.07, 6.45) is 5.63. The predicted octanol–water partition coefficient (Wildman–Crippen LogP) is 4.08. The molecule has 1 aromatic carbocycles. The number of hydrogen-bond acceptors (Lipinski definition) is 3. The number of unbranched alkanes of at least 4 members (excludes halogenated alkanes) is 3. The van der Waals surface area contributed by atoms with Crippen LogP contribution in [0.15, 0.2) is 18.2 Å². The topological polar surface area (TPSA) is 75.6 Å². The van der Waals surface area contributed by atoms with Gasteiger partial charge in [0.05, 0.1) is 17.4 Å². The van der Waals surface area contributed by atoms with Crippen LogP contribution in [0, 0.1) is 0 Å². The summed E-state index contributed by atoms with van der Waals surface area (Å²) in [5.74, 6) is -0.794. The third kappa shape index (κ3) is 6.16. The highest BCUT2D eigenvalue weighted by Crippen LogP contribution is 2.28. The molecule has 1 rings (SSSR count). The van der Waals surface area contributed by atoms with Crippen molar-refractivity contribution in [1.29, 1.82) is 0 Å². The summed E-state index contributed by atoms with van der Waals surface area (Å²) in [5.41, 5.74) is 0.513. The molecule has 122 valence electrons. The van der Waals surface area contributed by atoms with E-state index in [0.29, 0.717) is 11.4 Å². The largest absolute Gasteiger partial charge is 0.489 e. The minimum absolute atomic E-state index is 0.0139. The lowest BCUT2D eigenvalue weighted by atomic mass is 10.1. The second kappa shape index (κ2) is 9.07. The van der Waals surface area contributed by atoms with E-state index in [9.17, 15) is 9.59 Å². The number of aromatic carboxylic acids is 1. The van der Waals surface area contributed by atoms with Gasteiger partial charge in [0, 0.05) is 6.92 Å². The van der Waals surface area contributed by atoms with E-state index in [-0.39, 0.29) is 17.6 Å². The Hall–Kier alpha value is -2.04. The average molecular weight is 307 g/mol. The molecule has 1 atom stereocenters. The molecule has 0 aliphatic rings. The van der Waals surface area contributed by atoms with Crippen molar-refractivity contribution < 1.29 is 19.4 Å². The van der Waals surface area contributed by atoms with Crippen molar-refractivity contribution in [2.75, 3.05) is 5.32 Å². The van der Waals surface area contributed by atoms with Crippen LogP contribution in [0.4, 0.5) is 5.69 Å². The number of ether oxygens (including phenoxy) is 1. The molecule has 5 nitrogen and oxygen atoms in total. The number of anilines is 1. The van der Waals surface area contributed by atoms with Crippen LogP contribution in [0.2, 0.25) is 0 Å². The number of rotatable bonds is 9. The molecule has 0 spiro atoms. The Kier molecular flexibility index (Phi) is 7.43. The zero-order chi connectivity index (χ0) is 16.5. The molecule has 0 aromatic heterocycles. The molecule has 5 heteroatoms. The van der Waals surface area contributed by atoms with E-state index in [1.165, 1.54) is 38.3 Å².